The van der Waals surface area contributed by atoms with Crippen LogP contribution in [0.2, 0.25) is 8.76 Å². The Balaban J connectivity index is 2.29. The van der Waals surface area contributed by atoms with Crippen molar-refractivity contribution in [3.63, 3.8) is 0 Å². The van der Waals surface area contributed by atoms with Crippen molar-refractivity contribution in [2.45, 2.75) is 42.4 Å². The number of hydrogen-bond acceptors (Lipinski definition) is 0. The SMILES string of the molecule is CC(C)(C)[CH2][Zr]([CH3])([C]1=CC=CC1)[C]1=CC=CC1. The van der Waals surface area contributed by atoms with E-state index in [0.717, 1.165) is 0 Å². The van der Waals surface area contributed by atoms with Gasteiger partial charge in [0.1, 0.15) is 0 Å². The number of hydrogen-bond donors (Lipinski definition) is 0. The Bertz CT molecular complexity index is 383. The Kier molecular flexibility index (Phi) is 3.78. The van der Waals surface area contributed by atoms with Gasteiger partial charge >= 0.3 is 111 Å². The molecule has 0 aromatic rings. The fraction of sp³-hybridized carbons (Fsp3) is 0.500. The van der Waals surface area contributed by atoms with Gasteiger partial charge in [0.15, 0.2) is 0 Å². The molecular formula is C16H24Zr. The van der Waals surface area contributed by atoms with E-state index >= 15 is 0 Å². The summed E-state index contributed by atoms with van der Waals surface area (Å²) >= 11 is -2.27. The van der Waals surface area contributed by atoms with Crippen LogP contribution in [0.25, 0.3) is 0 Å². The molecule has 0 radical (unpaired) electrons. The van der Waals surface area contributed by atoms with E-state index in [-0.39, 0.29) is 0 Å². The van der Waals surface area contributed by atoms with E-state index in [0.29, 0.717) is 5.41 Å². The molecule has 0 bridgehead atoms. The molecule has 0 atom stereocenters. The van der Waals surface area contributed by atoms with Crippen LogP contribution in [0, 0.1) is 5.41 Å². The molecule has 0 nitrogen and oxygen atoms in total. The van der Waals surface area contributed by atoms with E-state index in [1.54, 1.807) is 6.56 Å². The quantitative estimate of drug-likeness (QED) is 0.660. The molecule has 2 aliphatic carbocycles. The maximum absolute atomic E-state index is 2.64. The molecule has 0 fully saturated rings. The molecule has 92 valence electrons. The van der Waals surface area contributed by atoms with Crippen LogP contribution in [0.3, 0.4) is 0 Å². The molecule has 2 aliphatic rings. The summed E-state index contributed by atoms with van der Waals surface area (Å²) in [5, 5.41) is 0. The monoisotopic (exact) mass is 306 g/mol. The predicted molar refractivity (Wildman–Crippen MR) is 73.8 cm³/mol. The van der Waals surface area contributed by atoms with Crippen molar-refractivity contribution in [3.8, 4) is 0 Å². The van der Waals surface area contributed by atoms with Gasteiger partial charge in [0.25, 0.3) is 0 Å². The van der Waals surface area contributed by atoms with Crippen LogP contribution in [-0.2, 0) is 20.3 Å². The van der Waals surface area contributed by atoms with Gasteiger partial charge in [-0.3, -0.25) is 0 Å². The molecule has 0 spiro atoms. The van der Waals surface area contributed by atoms with Gasteiger partial charge in [-0.15, -0.1) is 0 Å². The van der Waals surface area contributed by atoms with Gasteiger partial charge in [-0.05, 0) is 0 Å². The Morgan fingerprint density at radius 3 is 1.76 bits per heavy atom. The Morgan fingerprint density at radius 1 is 1.00 bits per heavy atom. The van der Waals surface area contributed by atoms with E-state index in [4.69, 9.17) is 0 Å². The van der Waals surface area contributed by atoms with Gasteiger partial charge in [0.05, 0.1) is 0 Å². The van der Waals surface area contributed by atoms with Crippen LogP contribution in [-0.4, -0.2) is 0 Å². The average Bonchev–Trinajstić information content (AvgIpc) is 2.89. The third-order valence-electron chi connectivity index (χ3n) is 3.84. The molecule has 0 aliphatic heterocycles. The van der Waals surface area contributed by atoms with E-state index in [1.165, 1.54) is 17.0 Å². The van der Waals surface area contributed by atoms with Crippen molar-refractivity contribution in [3.05, 3.63) is 43.0 Å². The summed E-state index contributed by atoms with van der Waals surface area (Å²) in [5.74, 6) is 0. The standard InChI is InChI=1S/2C5H5.C5H11.CH3.Zr/c2*1-2-4-5-3-1;1-5(2,3)4;;/h2*1-3H,4H2;1H2,2-4H3;1H3;. The molecule has 0 unspecified atom stereocenters. The van der Waals surface area contributed by atoms with Crippen LogP contribution in [0.5, 0.6) is 0 Å². The van der Waals surface area contributed by atoms with Crippen LogP contribution in [0.4, 0.5) is 0 Å². The zero-order valence-corrected chi connectivity index (χ0v) is 14.0. The van der Waals surface area contributed by atoms with E-state index < -0.39 is 20.3 Å². The molecule has 2 rings (SSSR count). The van der Waals surface area contributed by atoms with Crippen molar-refractivity contribution >= 4 is 0 Å². The van der Waals surface area contributed by atoms with E-state index in [1.807, 2.05) is 0 Å². The Hall–Kier alpha value is -0.157. The molecule has 0 aromatic carbocycles. The molecule has 0 amide bonds. The minimum atomic E-state index is -2.27. The van der Waals surface area contributed by atoms with Crippen molar-refractivity contribution in [2.24, 2.45) is 5.41 Å². The van der Waals surface area contributed by atoms with Crippen molar-refractivity contribution < 1.29 is 20.3 Å². The summed E-state index contributed by atoms with van der Waals surface area (Å²) in [7, 11) is 0. The van der Waals surface area contributed by atoms with E-state index in [2.05, 4.69) is 61.9 Å². The van der Waals surface area contributed by atoms with E-state index in [9.17, 15) is 0 Å². The number of rotatable bonds is 3. The number of allylic oxidation sites excluding steroid dienone is 8. The first-order chi connectivity index (χ1) is 7.92. The second kappa shape index (κ2) is 4.84. The molecule has 0 saturated heterocycles. The molecule has 0 saturated carbocycles. The van der Waals surface area contributed by atoms with Crippen molar-refractivity contribution in [1.29, 1.82) is 0 Å². The first kappa shape index (κ1) is 13.3. The second-order valence-corrected chi connectivity index (χ2v) is 17.3. The van der Waals surface area contributed by atoms with Gasteiger partial charge in [0, 0.05) is 0 Å². The third kappa shape index (κ3) is 2.99. The summed E-state index contributed by atoms with van der Waals surface area (Å²) in [5.41, 5.74) is 0.456. The molecule has 1 heteroatoms. The van der Waals surface area contributed by atoms with Gasteiger partial charge < -0.3 is 0 Å². The zero-order chi connectivity index (χ0) is 12.5. The molecular weight excluding hydrogens is 283 g/mol. The van der Waals surface area contributed by atoms with Crippen LogP contribution in [0.1, 0.15) is 33.6 Å². The molecule has 17 heavy (non-hydrogen) atoms. The van der Waals surface area contributed by atoms with Gasteiger partial charge in [-0.1, -0.05) is 0 Å². The van der Waals surface area contributed by atoms with Crippen LogP contribution < -0.4 is 0 Å². The first-order valence-corrected chi connectivity index (χ1v) is 13.3. The Morgan fingerprint density at radius 2 is 1.47 bits per heavy atom. The summed E-state index contributed by atoms with van der Waals surface area (Å²) in [6, 6.07) is 0. The molecule has 0 aromatic heterocycles. The van der Waals surface area contributed by atoms with Crippen molar-refractivity contribution in [1.82, 2.24) is 0 Å². The van der Waals surface area contributed by atoms with Crippen LogP contribution in [0.15, 0.2) is 43.0 Å². The molecule has 0 heterocycles. The van der Waals surface area contributed by atoms with Gasteiger partial charge in [0.2, 0.25) is 0 Å². The second-order valence-electron chi connectivity index (χ2n) is 6.72. The zero-order valence-electron chi connectivity index (χ0n) is 11.6. The van der Waals surface area contributed by atoms with Crippen molar-refractivity contribution in [2.75, 3.05) is 0 Å². The summed E-state index contributed by atoms with van der Waals surface area (Å²) in [6.07, 6.45) is 16.5. The van der Waals surface area contributed by atoms with Gasteiger partial charge in [-0.2, -0.15) is 0 Å². The first-order valence-electron chi connectivity index (χ1n) is 6.64. The predicted octanol–water partition coefficient (Wildman–Crippen LogP) is 5.34. The van der Waals surface area contributed by atoms with Gasteiger partial charge in [-0.25, -0.2) is 0 Å². The summed E-state index contributed by atoms with van der Waals surface area (Å²) < 4.78 is 7.66. The normalized spacial score (nSPS) is 19.8. The topological polar surface area (TPSA) is 0 Å². The minimum absolute atomic E-state index is 0.456. The fourth-order valence-corrected chi connectivity index (χ4v) is 15.6. The molecule has 0 N–H and O–H groups in total. The average molecular weight is 308 g/mol. The third-order valence-corrected chi connectivity index (χ3v) is 17.0. The maximum atomic E-state index is 2.64. The fourth-order valence-electron chi connectivity index (χ4n) is 3.21. The summed E-state index contributed by atoms with van der Waals surface area (Å²) in [6.45, 7) is 7.19. The summed E-state index contributed by atoms with van der Waals surface area (Å²) in [4.78, 5) is 0. The van der Waals surface area contributed by atoms with Crippen LogP contribution >= 0.6 is 0 Å². The Labute approximate surface area is 111 Å².